The first-order chi connectivity index (χ1) is 7.61. The topological polar surface area (TPSA) is 68.3 Å². The Hall–Kier alpha value is -1.62. The van der Waals surface area contributed by atoms with Crippen LogP contribution >= 0.6 is 11.6 Å². The minimum absolute atomic E-state index is 0.0903. The van der Waals surface area contributed by atoms with Gasteiger partial charge in [0.1, 0.15) is 5.15 Å². The third-order valence-electron chi connectivity index (χ3n) is 2.32. The quantitative estimate of drug-likeness (QED) is 0.595. The summed E-state index contributed by atoms with van der Waals surface area (Å²) >= 11 is 5.85. The van der Waals surface area contributed by atoms with E-state index in [1.165, 1.54) is 13.2 Å². The highest BCUT2D eigenvalue weighted by Crippen LogP contribution is 2.26. The minimum Gasteiger partial charge on any atom is -0.465 e. The average Bonchev–Trinajstić information content (AvgIpc) is 2.28. The number of halogens is 1. The predicted octanol–water partition coefficient (Wildman–Crippen LogP) is 1.41. The average molecular weight is 241 g/mol. The lowest BCUT2D eigenvalue weighted by atomic mass is 10.1. The van der Waals surface area contributed by atoms with Crippen molar-refractivity contribution in [1.82, 2.24) is 4.98 Å². The Labute approximate surface area is 96.8 Å². The van der Waals surface area contributed by atoms with E-state index in [1.54, 1.807) is 0 Å². The lowest BCUT2D eigenvalue weighted by Crippen LogP contribution is -2.21. The van der Waals surface area contributed by atoms with E-state index in [1.807, 2.05) is 0 Å². The molecule has 5 nitrogen and oxygen atoms in total. The minimum atomic E-state index is -0.569. The zero-order valence-electron chi connectivity index (χ0n) is 8.54. The van der Waals surface area contributed by atoms with E-state index in [4.69, 9.17) is 11.6 Å². The molecule has 84 valence electrons. The molecule has 1 aromatic rings. The number of carbonyl (C=O) groups is 2. The van der Waals surface area contributed by atoms with Crippen LogP contribution in [0.4, 0.5) is 5.69 Å². The van der Waals surface area contributed by atoms with Gasteiger partial charge in [-0.1, -0.05) is 11.6 Å². The van der Waals surface area contributed by atoms with Crippen LogP contribution in [0, 0.1) is 0 Å². The summed E-state index contributed by atoms with van der Waals surface area (Å²) in [7, 11) is 1.26. The molecule has 0 saturated heterocycles. The van der Waals surface area contributed by atoms with Crippen LogP contribution in [0.1, 0.15) is 22.5 Å². The smallest absolute Gasteiger partial charge is 0.341 e. The van der Waals surface area contributed by atoms with Crippen LogP contribution < -0.4 is 5.32 Å². The number of fused-ring (bicyclic) bond motifs is 1. The summed E-state index contributed by atoms with van der Waals surface area (Å²) in [5.74, 6) is -0.660. The first kappa shape index (κ1) is 10.9. The molecular weight excluding hydrogens is 232 g/mol. The normalized spacial score (nSPS) is 14.0. The summed E-state index contributed by atoms with van der Waals surface area (Å²) in [6.07, 6.45) is 0.913. The third kappa shape index (κ3) is 1.86. The van der Waals surface area contributed by atoms with Crippen LogP contribution in [0.3, 0.4) is 0 Å². The van der Waals surface area contributed by atoms with E-state index in [0.29, 0.717) is 24.2 Å². The Bertz CT molecular complexity index is 473. The molecule has 1 aliphatic rings. The van der Waals surface area contributed by atoms with E-state index in [9.17, 15) is 9.59 Å². The maximum Gasteiger partial charge on any atom is 0.341 e. The summed E-state index contributed by atoms with van der Waals surface area (Å²) in [6, 6.07) is 1.49. The van der Waals surface area contributed by atoms with Crippen molar-refractivity contribution in [3.05, 3.63) is 22.5 Å². The van der Waals surface area contributed by atoms with Gasteiger partial charge in [0.25, 0.3) is 0 Å². The number of amides is 1. The van der Waals surface area contributed by atoms with Gasteiger partial charge in [0.2, 0.25) is 5.91 Å². The third-order valence-corrected chi connectivity index (χ3v) is 2.61. The van der Waals surface area contributed by atoms with E-state index in [0.717, 1.165) is 0 Å². The summed E-state index contributed by atoms with van der Waals surface area (Å²) in [4.78, 5) is 26.6. The number of pyridine rings is 1. The molecule has 2 heterocycles. The van der Waals surface area contributed by atoms with Gasteiger partial charge in [-0.3, -0.25) is 4.79 Å². The number of carbonyl (C=O) groups excluding carboxylic acids is 2. The van der Waals surface area contributed by atoms with Crippen molar-refractivity contribution in [3.8, 4) is 0 Å². The number of hydrogen-bond donors (Lipinski definition) is 1. The second-order valence-corrected chi connectivity index (χ2v) is 3.72. The van der Waals surface area contributed by atoms with E-state index >= 15 is 0 Å². The maximum absolute atomic E-state index is 11.3. The molecule has 1 aromatic heterocycles. The van der Waals surface area contributed by atoms with Gasteiger partial charge in [-0.25, -0.2) is 9.78 Å². The fraction of sp³-hybridized carbons (Fsp3) is 0.300. The maximum atomic E-state index is 11.3. The molecule has 1 aliphatic heterocycles. The van der Waals surface area contributed by atoms with E-state index in [-0.39, 0.29) is 16.6 Å². The van der Waals surface area contributed by atoms with Crippen molar-refractivity contribution in [2.75, 3.05) is 12.4 Å². The SMILES string of the molecule is COC(=O)c1cc2c(nc1Cl)CCC(=O)N2. The molecule has 0 spiro atoms. The fourth-order valence-electron chi connectivity index (χ4n) is 1.52. The lowest BCUT2D eigenvalue weighted by Gasteiger charge is -2.16. The Kier molecular flexibility index (Phi) is 2.78. The van der Waals surface area contributed by atoms with Gasteiger partial charge in [-0.2, -0.15) is 0 Å². The molecule has 6 heteroatoms. The van der Waals surface area contributed by atoms with Crippen LogP contribution in [-0.4, -0.2) is 24.0 Å². The number of aryl methyl sites for hydroxylation is 1. The number of esters is 1. The second kappa shape index (κ2) is 4.09. The first-order valence-electron chi connectivity index (χ1n) is 4.69. The summed E-state index contributed by atoms with van der Waals surface area (Å²) in [5.41, 5.74) is 1.38. The second-order valence-electron chi connectivity index (χ2n) is 3.36. The van der Waals surface area contributed by atoms with Crippen LogP contribution in [-0.2, 0) is 16.0 Å². The highest BCUT2D eigenvalue weighted by Gasteiger charge is 2.21. The monoisotopic (exact) mass is 240 g/mol. The number of aromatic nitrogens is 1. The fourth-order valence-corrected chi connectivity index (χ4v) is 1.76. The van der Waals surface area contributed by atoms with Crippen molar-refractivity contribution >= 4 is 29.2 Å². The highest BCUT2D eigenvalue weighted by molar-refractivity contribution is 6.32. The first-order valence-corrected chi connectivity index (χ1v) is 5.07. The summed E-state index contributed by atoms with van der Waals surface area (Å²) in [6.45, 7) is 0. The molecule has 0 saturated carbocycles. The van der Waals surface area contributed by atoms with E-state index in [2.05, 4.69) is 15.0 Å². The molecule has 0 atom stereocenters. The van der Waals surface area contributed by atoms with Gasteiger partial charge < -0.3 is 10.1 Å². The van der Waals surface area contributed by atoms with Gasteiger partial charge in [0.05, 0.1) is 24.1 Å². The van der Waals surface area contributed by atoms with Crippen molar-refractivity contribution in [1.29, 1.82) is 0 Å². The van der Waals surface area contributed by atoms with Gasteiger partial charge >= 0.3 is 5.97 Å². The number of rotatable bonds is 1. The van der Waals surface area contributed by atoms with Crippen molar-refractivity contribution < 1.29 is 14.3 Å². The van der Waals surface area contributed by atoms with E-state index < -0.39 is 5.97 Å². The Morgan fingerprint density at radius 3 is 3.00 bits per heavy atom. The van der Waals surface area contributed by atoms with Crippen molar-refractivity contribution in [2.45, 2.75) is 12.8 Å². The Morgan fingerprint density at radius 1 is 1.56 bits per heavy atom. The van der Waals surface area contributed by atoms with Gasteiger partial charge in [0, 0.05) is 12.8 Å². The zero-order valence-corrected chi connectivity index (χ0v) is 9.30. The molecule has 0 aromatic carbocycles. The molecule has 0 bridgehead atoms. The number of anilines is 1. The molecule has 0 fully saturated rings. The Morgan fingerprint density at radius 2 is 2.31 bits per heavy atom. The number of nitrogens with one attached hydrogen (secondary N) is 1. The standard InChI is InChI=1S/C10H9ClN2O3/c1-16-10(15)5-4-7-6(13-9(5)11)2-3-8(14)12-7/h4H,2-3H2,1H3,(H,12,14). The van der Waals surface area contributed by atoms with Crippen LogP contribution in [0.15, 0.2) is 6.07 Å². The highest BCUT2D eigenvalue weighted by atomic mass is 35.5. The molecule has 0 aliphatic carbocycles. The van der Waals surface area contributed by atoms with Crippen LogP contribution in [0.25, 0.3) is 0 Å². The molecular formula is C10H9ClN2O3. The molecule has 2 rings (SSSR count). The molecule has 1 amide bonds. The molecule has 16 heavy (non-hydrogen) atoms. The van der Waals surface area contributed by atoms with Crippen LogP contribution in [0.2, 0.25) is 5.15 Å². The molecule has 0 unspecified atom stereocenters. The molecule has 0 radical (unpaired) electrons. The largest absolute Gasteiger partial charge is 0.465 e. The molecule has 1 N–H and O–H groups in total. The Balaban J connectivity index is 2.46. The predicted molar refractivity (Wildman–Crippen MR) is 57.5 cm³/mol. The van der Waals surface area contributed by atoms with Crippen molar-refractivity contribution in [2.24, 2.45) is 0 Å². The number of methoxy groups -OCH3 is 1. The number of hydrogen-bond acceptors (Lipinski definition) is 4. The zero-order chi connectivity index (χ0) is 11.7. The lowest BCUT2D eigenvalue weighted by molar-refractivity contribution is -0.116. The summed E-state index contributed by atoms with van der Waals surface area (Å²) in [5, 5.41) is 2.74. The van der Waals surface area contributed by atoms with Crippen molar-refractivity contribution in [3.63, 3.8) is 0 Å². The van der Waals surface area contributed by atoms with Crippen LogP contribution in [0.5, 0.6) is 0 Å². The van der Waals surface area contributed by atoms with Gasteiger partial charge in [-0.05, 0) is 6.07 Å². The summed E-state index contributed by atoms with van der Waals surface area (Å²) < 4.78 is 4.56. The number of ether oxygens (including phenoxy) is 1. The van der Waals surface area contributed by atoms with Gasteiger partial charge in [0.15, 0.2) is 0 Å². The van der Waals surface area contributed by atoms with Gasteiger partial charge in [-0.15, -0.1) is 0 Å². The number of nitrogens with zero attached hydrogens (tertiary/aromatic N) is 1.